The number of carbonyl (C=O) groups is 1. The monoisotopic (exact) mass is 520 g/mol. The highest BCUT2D eigenvalue weighted by atomic mass is 35.5. The van der Waals surface area contributed by atoms with E-state index in [2.05, 4.69) is 15.6 Å². The van der Waals surface area contributed by atoms with Gasteiger partial charge in [-0.1, -0.05) is 23.2 Å². The fraction of sp³-hybridized carbons (Fsp3) is 0.375. The maximum Gasteiger partial charge on any atom is 0.258 e. The molecule has 11 heteroatoms. The Bertz CT molecular complexity index is 1320. The number of benzene rings is 1. The van der Waals surface area contributed by atoms with E-state index in [1.807, 2.05) is 0 Å². The fourth-order valence-electron chi connectivity index (χ4n) is 4.25. The van der Waals surface area contributed by atoms with E-state index in [1.54, 1.807) is 31.4 Å². The van der Waals surface area contributed by atoms with Gasteiger partial charge in [-0.25, -0.2) is 4.98 Å². The third-order valence-electron chi connectivity index (χ3n) is 6.03. The van der Waals surface area contributed by atoms with Gasteiger partial charge in [-0.3, -0.25) is 9.59 Å². The number of nitrogens with one attached hydrogen (secondary N) is 2. The minimum atomic E-state index is -0.300. The smallest absolute Gasteiger partial charge is 0.258 e. The molecule has 0 aliphatic carbocycles. The van der Waals surface area contributed by atoms with Crippen LogP contribution in [0, 0.1) is 0 Å². The van der Waals surface area contributed by atoms with Crippen molar-refractivity contribution in [3.05, 3.63) is 44.8 Å². The summed E-state index contributed by atoms with van der Waals surface area (Å²) in [6.07, 6.45) is 2.36. The van der Waals surface area contributed by atoms with Gasteiger partial charge in [0.15, 0.2) is 0 Å². The lowest BCUT2D eigenvalue weighted by Crippen LogP contribution is -2.51. The summed E-state index contributed by atoms with van der Waals surface area (Å²) in [5.41, 5.74) is 0.977. The zero-order valence-corrected chi connectivity index (χ0v) is 21.3. The van der Waals surface area contributed by atoms with Crippen LogP contribution in [0.2, 0.25) is 10.0 Å². The first-order valence-corrected chi connectivity index (χ1v) is 11.7. The number of ether oxygens (including phenoxy) is 3. The summed E-state index contributed by atoms with van der Waals surface area (Å²) in [5, 5.41) is 7.41. The Morgan fingerprint density at radius 3 is 2.46 bits per heavy atom. The number of fused-ring (bicyclic) bond motifs is 1. The number of methoxy groups -OCH3 is 2. The molecule has 35 heavy (non-hydrogen) atoms. The average Bonchev–Trinajstić information content (AvgIpc) is 2.83. The third kappa shape index (κ3) is 4.89. The van der Waals surface area contributed by atoms with E-state index >= 15 is 0 Å². The Kier molecular flexibility index (Phi) is 7.39. The number of halogens is 2. The Hall–Kier alpha value is -3.01. The average molecular weight is 521 g/mol. The largest absolute Gasteiger partial charge is 0.495 e. The van der Waals surface area contributed by atoms with Crippen LogP contribution in [-0.2, 0) is 16.6 Å². The van der Waals surface area contributed by atoms with Crippen LogP contribution in [0.25, 0.3) is 22.0 Å². The summed E-state index contributed by atoms with van der Waals surface area (Å²) in [6.45, 7) is 2.49. The van der Waals surface area contributed by atoms with Gasteiger partial charge in [0.1, 0.15) is 17.3 Å². The molecule has 0 saturated carbocycles. The maximum absolute atomic E-state index is 13.4. The van der Waals surface area contributed by atoms with Gasteiger partial charge in [0.25, 0.3) is 5.56 Å². The second-order valence-corrected chi connectivity index (χ2v) is 9.01. The van der Waals surface area contributed by atoms with Crippen molar-refractivity contribution in [3.63, 3.8) is 0 Å². The summed E-state index contributed by atoms with van der Waals surface area (Å²) in [7, 11) is 4.62. The van der Waals surface area contributed by atoms with E-state index in [9.17, 15) is 9.59 Å². The molecular formula is C24H26Cl2N4O5. The molecule has 1 aliphatic rings. The molecule has 1 aliphatic heterocycles. The normalized spacial score (nSPS) is 17.8. The van der Waals surface area contributed by atoms with Gasteiger partial charge in [-0.05, 0) is 12.5 Å². The van der Waals surface area contributed by atoms with Crippen LogP contribution >= 0.6 is 23.2 Å². The van der Waals surface area contributed by atoms with Gasteiger partial charge in [0.2, 0.25) is 5.91 Å². The molecule has 3 aromatic rings. The number of anilines is 1. The molecule has 1 aromatic carbocycles. The van der Waals surface area contributed by atoms with Gasteiger partial charge >= 0.3 is 0 Å². The van der Waals surface area contributed by atoms with Crippen molar-refractivity contribution in [2.24, 2.45) is 7.05 Å². The molecule has 2 atom stereocenters. The van der Waals surface area contributed by atoms with Gasteiger partial charge in [0, 0.05) is 49.9 Å². The summed E-state index contributed by atoms with van der Waals surface area (Å²) in [4.78, 5) is 29.5. The summed E-state index contributed by atoms with van der Waals surface area (Å²) in [5.74, 6) is 1.14. The van der Waals surface area contributed by atoms with Crippen molar-refractivity contribution in [2.75, 3.05) is 32.8 Å². The third-order valence-corrected chi connectivity index (χ3v) is 6.78. The number of carbonyl (C=O) groups excluding carboxylic acids is 1. The van der Waals surface area contributed by atoms with Gasteiger partial charge in [-0.15, -0.1) is 0 Å². The number of aromatic nitrogens is 2. The minimum absolute atomic E-state index is 0.0859. The molecule has 2 aromatic heterocycles. The molecule has 186 valence electrons. The predicted octanol–water partition coefficient (Wildman–Crippen LogP) is 3.63. The highest BCUT2D eigenvalue weighted by Crippen LogP contribution is 2.45. The molecule has 0 radical (unpaired) electrons. The summed E-state index contributed by atoms with van der Waals surface area (Å²) < 4.78 is 17.8. The maximum atomic E-state index is 13.4. The van der Waals surface area contributed by atoms with Crippen LogP contribution < -0.4 is 25.7 Å². The Morgan fingerprint density at radius 2 is 1.83 bits per heavy atom. The van der Waals surface area contributed by atoms with Crippen LogP contribution in [0.15, 0.2) is 29.2 Å². The van der Waals surface area contributed by atoms with Crippen LogP contribution in [0.4, 0.5) is 5.82 Å². The summed E-state index contributed by atoms with van der Waals surface area (Å²) >= 11 is 13.1. The molecule has 1 amide bonds. The number of amides is 1. The Balaban J connectivity index is 1.77. The predicted molar refractivity (Wildman–Crippen MR) is 136 cm³/mol. The summed E-state index contributed by atoms with van der Waals surface area (Å²) in [6, 6.07) is 4.81. The van der Waals surface area contributed by atoms with Crippen molar-refractivity contribution in [3.8, 4) is 22.6 Å². The van der Waals surface area contributed by atoms with Gasteiger partial charge in [0.05, 0.1) is 54.0 Å². The zero-order chi connectivity index (χ0) is 25.3. The van der Waals surface area contributed by atoms with Gasteiger partial charge < -0.3 is 29.4 Å². The van der Waals surface area contributed by atoms with Crippen molar-refractivity contribution >= 4 is 45.8 Å². The first-order chi connectivity index (χ1) is 16.7. The molecule has 3 heterocycles. The van der Waals surface area contributed by atoms with Crippen molar-refractivity contribution in [1.82, 2.24) is 14.9 Å². The number of rotatable bonds is 6. The number of pyridine rings is 2. The lowest BCUT2D eigenvalue weighted by Gasteiger charge is -2.32. The van der Waals surface area contributed by atoms with E-state index in [0.717, 1.165) is 0 Å². The van der Waals surface area contributed by atoms with E-state index in [0.29, 0.717) is 59.0 Å². The van der Waals surface area contributed by atoms with Crippen molar-refractivity contribution in [2.45, 2.75) is 25.4 Å². The SMILES string of the molecule is COc1cc(OC)c(Cl)c(-c2cc3cnc(NC4COCCC4NC(C)=O)cc3n(C)c2=O)c1Cl. The van der Waals surface area contributed by atoms with E-state index in [4.69, 9.17) is 37.4 Å². The Labute approximate surface area is 212 Å². The van der Waals surface area contributed by atoms with Crippen molar-refractivity contribution < 1.29 is 19.0 Å². The van der Waals surface area contributed by atoms with E-state index in [-0.39, 0.29) is 33.6 Å². The standard InChI is InChI=1S/C24H26Cl2N4O5/c1-12(31)28-15-5-6-35-11-16(15)29-20-8-17-13(10-27-20)7-14(24(32)30(17)2)21-22(25)18(33-3)9-19(34-4)23(21)26/h7-10,15-16H,5-6,11H2,1-4H3,(H,27,29)(H,28,31). The van der Waals surface area contributed by atoms with Gasteiger partial charge in [-0.2, -0.15) is 0 Å². The van der Waals surface area contributed by atoms with E-state index < -0.39 is 0 Å². The molecule has 1 saturated heterocycles. The molecule has 0 bridgehead atoms. The second kappa shape index (κ2) is 10.3. The number of hydrogen-bond donors (Lipinski definition) is 2. The second-order valence-electron chi connectivity index (χ2n) is 8.26. The number of aryl methyl sites for hydroxylation is 1. The zero-order valence-electron chi connectivity index (χ0n) is 19.8. The van der Waals surface area contributed by atoms with Crippen LogP contribution in [0.3, 0.4) is 0 Å². The molecule has 1 fully saturated rings. The highest BCUT2D eigenvalue weighted by Gasteiger charge is 2.27. The fourth-order valence-corrected chi connectivity index (χ4v) is 4.95. The van der Waals surface area contributed by atoms with Crippen LogP contribution in [0.5, 0.6) is 11.5 Å². The lowest BCUT2D eigenvalue weighted by atomic mass is 10.0. The first kappa shape index (κ1) is 25.1. The van der Waals surface area contributed by atoms with Crippen LogP contribution in [-0.4, -0.2) is 55.0 Å². The minimum Gasteiger partial charge on any atom is -0.495 e. The molecule has 2 unspecified atom stereocenters. The Morgan fingerprint density at radius 1 is 1.14 bits per heavy atom. The molecule has 2 N–H and O–H groups in total. The first-order valence-electron chi connectivity index (χ1n) is 11.0. The topological polar surface area (TPSA) is 104 Å². The highest BCUT2D eigenvalue weighted by molar-refractivity contribution is 6.41. The molecular weight excluding hydrogens is 495 g/mol. The molecule has 4 rings (SSSR count). The quantitative estimate of drug-likeness (QED) is 0.511. The number of hydrogen-bond acceptors (Lipinski definition) is 7. The van der Waals surface area contributed by atoms with Crippen molar-refractivity contribution in [1.29, 1.82) is 0 Å². The molecule has 9 nitrogen and oxygen atoms in total. The van der Waals surface area contributed by atoms with E-state index in [1.165, 1.54) is 25.7 Å². The lowest BCUT2D eigenvalue weighted by molar-refractivity contribution is -0.120. The molecule has 0 spiro atoms. The van der Waals surface area contributed by atoms with Crippen LogP contribution in [0.1, 0.15) is 13.3 Å². The number of nitrogens with zero attached hydrogens (tertiary/aromatic N) is 2.